The van der Waals surface area contributed by atoms with Crippen molar-refractivity contribution in [1.29, 1.82) is 0 Å². The first-order valence-corrected chi connectivity index (χ1v) is 15.8. The highest BCUT2D eigenvalue weighted by Gasteiger charge is 2.24. The Balaban J connectivity index is 1.46. The van der Waals surface area contributed by atoms with E-state index >= 15 is 0 Å². The van der Waals surface area contributed by atoms with Crippen molar-refractivity contribution < 1.29 is 0 Å². The number of rotatable bonds is 4. The number of benzene rings is 5. The van der Waals surface area contributed by atoms with E-state index in [0.29, 0.717) is 17.5 Å². The molecule has 0 saturated heterocycles. The van der Waals surface area contributed by atoms with Crippen LogP contribution in [0.3, 0.4) is 0 Å². The van der Waals surface area contributed by atoms with Crippen LogP contribution in [0.1, 0.15) is 12.8 Å². The number of hydrogen-bond acceptors (Lipinski definition) is 4. The van der Waals surface area contributed by atoms with Crippen molar-refractivity contribution >= 4 is 59.0 Å². The minimum Gasteiger partial charge on any atom is -0.312 e. The van der Waals surface area contributed by atoms with Crippen LogP contribution in [0.25, 0.3) is 81.8 Å². The molecule has 1 aliphatic carbocycles. The van der Waals surface area contributed by atoms with Crippen LogP contribution in [-0.2, 0) is 0 Å². The summed E-state index contributed by atoms with van der Waals surface area (Å²) in [7, 11) is 0. The molecule has 0 unspecified atom stereocenters. The Morgan fingerprint density at radius 2 is 1.23 bits per heavy atom. The third-order valence-electron chi connectivity index (χ3n) is 8.50. The Bertz CT molecular complexity index is 2370. The molecule has 0 N–H and O–H groups in total. The van der Waals surface area contributed by atoms with Crippen molar-refractivity contribution in [2.75, 3.05) is 0 Å². The van der Waals surface area contributed by atoms with Crippen molar-refractivity contribution in [3.05, 3.63) is 133 Å². The van der Waals surface area contributed by atoms with Crippen LogP contribution in [-0.4, -0.2) is 19.5 Å². The zero-order chi connectivity index (χ0) is 29.0. The van der Waals surface area contributed by atoms with Crippen LogP contribution in [0.15, 0.2) is 133 Å². The largest absolute Gasteiger partial charge is 0.312 e. The third-order valence-corrected chi connectivity index (χ3v) is 9.62. The molecule has 44 heavy (non-hydrogen) atoms. The summed E-state index contributed by atoms with van der Waals surface area (Å²) in [5, 5.41) is 4.95. The molecule has 0 bridgehead atoms. The van der Waals surface area contributed by atoms with Crippen LogP contribution in [0, 0.1) is 0 Å². The van der Waals surface area contributed by atoms with Gasteiger partial charge in [-0.05, 0) is 37.1 Å². The van der Waals surface area contributed by atoms with Crippen LogP contribution < -0.4 is 0 Å². The lowest BCUT2D eigenvalue weighted by Gasteiger charge is -2.15. The number of aromatic nitrogens is 4. The molecule has 208 valence electrons. The number of allylic oxidation sites excluding steroid dienone is 4. The molecular weight excluding hydrogens is 557 g/mol. The molecular formula is C39H26N4S. The predicted octanol–water partition coefficient (Wildman–Crippen LogP) is 10.5. The Hall–Kier alpha value is -5.39. The van der Waals surface area contributed by atoms with Gasteiger partial charge in [0.2, 0.25) is 0 Å². The van der Waals surface area contributed by atoms with E-state index in [-0.39, 0.29) is 0 Å². The third kappa shape index (κ3) is 3.94. The van der Waals surface area contributed by atoms with Crippen molar-refractivity contribution in [1.82, 2.24) is 19.5 Å². The van der Waals surface area contributed by atoms with Crippen molar-refractivity contribution in [3.63, 3.8) is 0 Å². The standard InChI is InChI=1S/C39H26N4S/c1-4-14-25(15-5-1)37-40-38(26-16-6-2-7-17-26)42-39(41-37)30-24-33-35(29-21-11-13-23-32(29)44-33)36-34(30)28-20-10-12-22-31(28)43(36)27-18-8-3-9-19-27/h1-8,10-18,20-24H,9,19H2. The highest BCUT2D eigenvalue weighted by molar-refractivity contribution is 7.26. The van der Waals surface area contributed by atoms with Gasteiger partial charge in [-0.3, -0.25) is 0 Å². The van der Waals surface area contributed by atoms with Gasteiger partial charge >= 0.3 is 0 Å². The van der Waals surface area contributed by atoms with Gasteiger partial charge in [-0.15, -0.1) is 11.3 Å². The number of fused-ring (bicyclic) bond motifs is 7. The van der Waals surface area contributed by atoms with E-state index in [1.807, 2.05) is 47.7 Å². The summed E-state index contributed by atoms with van der Waals surface area (Å²) in [6.45, 7) is 0. The number of hydrogen-bond donors (Lipinski definition) is 0. The highest BCUT2D eigenvalue weighted by atomic mass is 32.1. The van der Waals surface area contributed by atoms with Gasteiger partial charge in [0.15, 0.2) is 17.5 Å². The van der Waals surface area contributed by atoms with Crippen molar-refractivity contribution in [3.8, 4) is 34.2 Å². The smallest absolute Gasteiger partial charge is 0.164 e. The lowest BCUT2D eigenvalue weighted by atomic mass is 10.0. The van der Waals surface area contributed by atoms with Gasteiger partial charge in [-0.2, -0.15) is 0 Å². The summed E-state index contributed by atoms with van der Waals surface area (Å²) in [5.74, 6) is 2.02. The Morgan fingerprint density at radius 1 is 0.591 bits per heavy atom. The topological polar surface area (TPSA) is 43.6 Å². The summed E-state index contributed by atoms with van der Waals surface area (Å²) in [4.78, 5) is 15.3. The van der Waals surface area contributed by atoms with Gasteiger partial charge in [-0.1, -0.05) is 109 Å². The van der Waals surface area contributed by atoms with Crippen LogP contribution >= 0.6 is 11.3 Å². The fourth-order valence-electron chi connectivity index (χ4n) is 6.54. The van der Waals surface area contributed by atoms with E-state index in [9.17, 15) is 0 Å². The summed E-state index contributed by atoms with van der Waals surface area (Å²) in [5.41, 5.74) is 6.69. The molecule has 0 aliphatic heterocycles. The summed E-state index contributed by atoms with van der Waals surface area (Å²) >= 11 is 1.83. The molecule has 0 radical (unpaired) electrons. The van der Waals surface area contributed by atoms with Gasteiger partial charge in [0, 0.05) is 53.3 Å². The second-order valence-corrected chi connectivity index (χ2v) is 12.2. The molecule has 3 heterocycles. The number of para-hydroxylation sites is 1. The quantitative estimate of drug-likeness (QED) is 0.207. The molecule has 8 aromatic rings. The molecule has 0 fully saturated rings. The van der Waals surface area contributed by atoms with Crippen molar-refractivity contribution in [2.45, 2.75) is 12.8 Å². The Morgan fingerprint density at radius 3 is 1.93 bits per heavy atom. The Kier molecular flexibility index (Phi) is 5.78. The van der Waals surface area contributed by atoms with E-state index < -0.39 is 0 Å². The average Bonchev–Trinajstić information content (AvgIpc) is 3.65. The second kappa shape index (κ2) is 10.1. The van der Waals surface area contributed by atoms with Crippen LogP contribution in [0.5, 0.6) is 0 Å². The fourth-order valence-corrected chi connectivity index (χ4v) is 7.69. The second-order valence-electron chi connectivity index (χ2n) is 11.1. The van der Waals surface area contributed by atoms with Gasteiger partial charge in [0.25, 0.3) is 0 Å². The van der Waals surface area contributed by atoms with E-state index in [4.69, 9.17) is 15.0 Å². The molecule has 1 aliphatic rings. The minimum absolute atomic E-state index is 0.669. The van der Waals surface area contributed by atoms with Crippen LogP contribution in [0.4, 0.5) is 0 Å². The molecule has 5 aromatic carbocycles. The lowest BCUT2D eigenvalue weighted by Crippen LogP contribution is -2.01. The normalized spacial score (nSPS) is 13.3. The maximum Gasteiger partial charge on any atom is 0.164 e. The van der Waals surface area contributed by atoms with E-state index in [1.54, 1.807) is 0 Å². The van der Waals surface area contributed by atoms with Crippen molar-refractivity contribution in [2.24, 2.45) is 0 Å². The summed E-state index contributed by atoms with van der Waals surface area (Å²) in [6.07, 6.45) is 8.73. The first kappa shape index (κ1) is 25.1. The SMILES string of the molecule is C1=CCCC(n2c3ccccc3c3c(-c4nc(-c5ccccc5)nc(-c5ccccc5)n4)cc4sc5ccccc5c4c32)=C1. The lowest BCUT2D eigenvalue weighted by molar-refractivity contribution is 0.981. The number of nitrogens with zero attached hydrogens (tertiary/aromatic N) is 4. The highest BCUT2D eigenvalue weighted by Crippen LogP contribution is 2.47. The summed E-state index contributed by atoms with van der Waals surface area (Å²) < 4.78 is 5.00. The maximum atomic E-state index is 5.19. The van der Waals surface area contributed by atoms with Gasteiger partial charge < -0.3 is 4.57 Å². The zero-order valence-electron chi connectivity index (χ0n) is 23.8. The van der Waals surface area contributed by atoms with E-state index in [2.05, 4.69) is 102 Å². The molecule has 0 amide bonds. The maximum absolute atomic E-state index is 5.19. The summed E-state index contributed by atoms with van der Waals surface area (Å²) in [6, 6.07) is 40.3. The molecule has 0 saturated carbocycles. The zero-order valence-corrected chi connectivity index (χ0v) is 24.6. The monoisotopic (exact) mass is 582 g/mol. The molecule has 0 atom stereocenters. The first-order valence-electron chi connectivity index (χ1n) is 14.9. The molecule has 0 spiro atoms. The van der Waals surface area contributed by atoms with E-state index in [1.165, 1.54) is 47.7 Å². The van der Waals surface area contributed by atoms with Gasteiger partial charge in [-0.25, -0.2) is 15.0 Å². The molecule has 5 heteroatoms. The van der Waals surface area contributed by atoms with Gasteiger partial charge in [0.05, 0.1) is 11.0 Å². The van der Waals surface area contributed by atoms with Crippen LogP contribution in [0.2, 0.25) is 0 Å². The average molecular weight is 583 g/mol. The molecule has 4 nitrogen and oxygen atoms in total. The fraction of sp³-hybridized carbons (Fsp3) is 0.0513. The minimum atomic E-state index is 0.669. The molecule has 9 rings (SSSR count). The number of thiophene rings is 1. The molecule has 3 aromatic heterocycles. The van der Waals surface area contributed by atoms with Gasteiger partial charge in [0.1, 0.15) is 0 Å². The predicted molar refractivity (Wildman–Crippen MR) is 185 cm³/mol. The Labute approximate surface area is 258 Å². The van der Waals surface area contributed by atoms with E-state index in [0.717, 1.165) is 29.5 Å². The first-order chi connectivity index (χ1) is 21.8.